The summed E-state index contributed by atoms with van der Waals surface area (Å²) >= 11 is 0. The van der Waals surface area contributed by atoms with E-state index in [9.17, 15) is 30.0 Å². The number of aromatic nitrogens is 3. The van der Waals surface area contributed by atoms with E-state index < -0.39 is 5.60 Å². The zero-order chi connectivity index (χ0) is 53.9. The SMILES string of the molecule is CC(C)(C)OC(=O)N1CCN(CCCc2cc(CO)nc(CO)c2)CC1.CSSC(C)(C)CCC(=O)N1CCN(CCCc2cc(CO)nc(CO)c2)CC1.Cl.OCc1cc(CCCN2CCNCC2)cc(CO)n1. The number of hydrogen-bond donors (Lipinski definition) is 7. The highest BCUT2D eigenvalue weighted by Gasteiger charge is 2.27. The van der Waals surface area contributed by atoms with Gasteiger partial charge in [-0.2, -0.15) is 0 Å². The van der Waals surface area contributed by atoms with Crippen molar-refractivity contribution < 1.29 is 45.0 Å². The van der Waals surface area contributed by atoms with Crippen molar-refractivity contribution in [3.8, 4) is 0 Å². The fraction of sp³-hybridized carbons (Fsp3) is 0.685. The van der Waals surface area contributed by atoms with Crippen molar-refractivity contribution >= 4 is 46.0 Å². The Bertz CT molecular complexity index is 2040. The Hall–Kier alpha value is -3.22. The van der Waals surface area contributed by atoms with Crippen LogP contribution in [0.5, 0.6) is 0 Å². The van der Waals surface area contributed by atoms with Crippen LogP contribution in [0.1, 0.15) is 118 Å². The van der Waals surface area contributed by atoms with Gasteiger partial charge in [0.15, 0.2) is 0 Å². The molecule has 0 spiro atoms. The van der Waals surface area contributed by atoms with Crippen LogP contribution in [0, 0.1) is 0 Å². The first-order valence-corrected chi connectivity index (χ1v) is 29.0. The third kappa shape index (κ3) is 25.9. The number of carbonyl (C=O) groups is 2. The molecule has 3 aromatic heterocycles. The highest BCUT2D eigenvalue weighted by atomic mass is 35.5. The number of nitrogens with zero attached hydrogens (tertiary/aromatic N) is 8. The van der Waals surface area contributed by atoms with Gasteiger partial charge in [0.05, 0.1) is 73.8 Å². The molecule has 0 atom stereocenters. The molecule has 2 amide bonds. The molecule has 6 heterocycles. The molecule has 3 aliphatic heterocycles. The molecular formula is C54H90ClN9O9S2. The number of pyridine rings is 3. The number of aryl methyl sites for hydroxylation is 3. The topological polar surface area (TPSA) is 232 Å². The molecule has 21 heteroatoms. The Labute approximate surface area is 461 Å². The molecule has 0 aliphatic carbocycles. The van der Waals surface area contributed by atoms with Crippen molar-refractivity contribution in [3.63, 3.8) is 0 Å². The molecule has 6 rings (SSSR count). The maximum absolute atomic E-state index is 12.5. The van der Waals surface area contributed by atoms with Crippen molar-refractivity contribution in [2.45, 2.75) is 136 Å². The molecule has 0 saturated carbocycles. The lowest BCUT2D eigenvalue weighted by atomic mass is 10.1. The maximum atomic E-state index is 12.5. The third-order valence-corrected chi connectivity index (χ3v) is 15.6. The minimum Gasteiger partial charge on any atom is -0.444 e. The summed E-state index contributed by atoms with van der Waals surface area (Å²) in [4.78, 5) is 48.1. The van der Waals surface area contributed by atoms with E-state index in [1.807, 2.05) is 72.9 Å². The number of halogens is 1. The van der Waals surface area contributed by atoms with Crippen LogP contribution in [0.15, 0.2) is 36.4 Å². The molecule has 3 aliphatic rings. The van der Waals surface area contributed by atoms with Gasteiger partial charge in [0.25, 0.3) is 0 Å². The van der Waals surface area contributed by atoms with Crippen LogP contribution in [0.2, 0.25) is 0 Å². The van der Waals surface area contributed by atoms with Gasteiger partial charge < -0.3 is 55.4 Å². The smallest absolute Gasteiger partial charge is 0.410 e. The first kappa shape index (κ1) is 66.1. The van der Waals surface area contributed by atoms with Gasteiger partial charge in [-0.15, -0.1) is 12.4 Å². The Kier molecular flexibility index (Phi) is 31.1. The van der Waals surface area contributed by atoms with Crippen LogP contribution >= 0.6 is 34.0 Å². The lowest BCUT2D eigenvalue weighted by Gasteiger charge is -2.35. The van der Waals surface area contributed by atoms with Crippen LogP contribution in [-0.4, -0.2) is 197 Å². The molecule has 3 fully saturated rings. The number of carbonyl (C=O) groups excluding carboxylic acids is 2. The zero-order valence-electron chi connectivity index (χ0n) is 45.7. The molecule has 424 valence electrons. The summed E-state index contributed by atoms with van der Waals surface area (Å²) in [6.07, 6.45) is 9.20. The lowest BCUT2D eigenvalue weighted by molar-refractivity contribution is -0.133. The molecule has 75 heavy (non-hydrogen) atoms. The number of nitrogens with one attached hydrogen (secondary N) is 1. The van der Waals surface area contributed by atoms with Crippen LogP contribution in [0.3, 0.4) is 0 Å². The van der Waals surface area contributed by atoms with E-state index >= 15 is 0 Å². The number of aliphatic hydroxyl groups excluding tert-OH is 6. The van der Waals surface area contributed by atoms with Crippen molar-refractivity contribution in [1.82, 2.24) is 44.8 Å². The Morgan fingerprint density at radius 2 is 0.880 bits per heavy atom. The average molecular weight is 1110 g/mol. The molecule has 3 saturated heterocycles. The first-order valence-electron chi connectivity index (χ1n) is 26.5. The number of amides is 2. The number of aliphatic hydroxyl groups is 6. The normalized spacial score (nSPS) is 15.8. The minimum absolute atomic E-state index is 0. The van der Waals surface area contributed by atoms with E-state index in [1.165, 1.54) is 0 Å². The molecule has 3 aromatic rings. The summed E-state index contributed by atoms with van der Waals surface area (Å²) in [5.74, 6) is 0.282. The molecule has 0 radical (unpaired) electrons. The van der Waals surface area contributed by atoms with E-state index in [4.69, 9.17) is 14.9 Å². The predicted molar refractivity (Wildman–Crippen MR) is 301 cm³/mol. The minimum atomic E-state index is -0.459. The number of rotatable bonds is 23. The van der Waals surface area contributed by atoms with Crippen LogP contribution < -0.4 is 5.32 Å². The van der Waals surface area contributed by atoms with Crippen molar-refractivity contribution in [1.29, 1.82) is 0 Å². The van der Waals surface area contributed by atoms with Gasteiger partial charge in [0.2, 0.25) is 5.91 Å². The monoisotopic (exact) mass is 1110 g/mol. The van der Waals surface area contributed by atoms with E-state index in [0.717, 1.165) is 147 Å². The van der Waals surface area contributed by atoms with Crippen LogP contribution in [0.25, 0.3) is 0 Å². The Morgan fingerprint density at radius 1 is 0.547 bits per heavy atom. The van der Waals surface area contributed by atoms with Gasteiger partial charge >= 0.3 is 6.09 Å². The van der Waals surface area contributed by atoms with Gasteiger partial charge in [-0.1, -0.05) is 21.6 Å². The number of hydrogen-bond acceptors (Lipinski definition) is 18. The summed E-state index contributed by atoms with van der Waals surface area (Å²) in [6, 6.07) is 11.5. The second kappa shape index (κ2) is 35.3. The van der Waals surface area contributed by atoms with Gasteiger partial charge in [-0.25, -0.2) is 4.79 Å². The Morgan fingerprint density at radius 3 is 1.20 bits per heavy atom. The zero-order valence-corrected chi connectivity index (χ0v) is 48.1. The van der Waals surface area contributed by atoms with E-state index in [0.29, 0.717) is 53.7 Å². The summed E-state index contributed by atoms with van der Waals surface area (Å²) < 4.78 is 5.55. The molecule has 7 N–H and O–H groups in total. The molecule has 0 unspecified atom stereocenters. The maximum Gasteiger partial charge on any atom is 0.410 e. The van der Waals surface area contributed by atoms with Crippen LogP contribution in [-0.2, 0) is 68.4 Å². The second-order valence-corrected chi connectivity index (χ2v) is 23.9. The van der Waals surface area contributed by atoms with Crippen molar-refractivity contribution in [2.75, 3.05) is 104 Å². The van der Waals surface area contributed by atoms with E-state index in [2.05, 4.69) is 55.1 Å². The highest BCUT2D eigenvalue weighted by molar-refractivity contribution is 8.76. The third-order valence-electron chi connectivity index (χ3n) is 13.0. The summed E-state index contributed by atoms with van der Waals surface area (Å²) in [5, 5.41) is 58.8. The van der Waals surface area contributed by atoms with E-state index in [1.54, 1.807) is 15.7 Å². The highest BCUT2D eigenvalue weighted by Crippen LogP contribution is 2.37. The standard InChI is InChI=1S/C21H35N3O3S2.C19H31N3O4.C14H23N3O2.ClH/c1-21(2,29-28-3)7-6-20(27)24-11-9-23(10-12-24)8-4-5-17-13-18(15-25)22-19(14-17)16-26;1-19(2,3)26-18(25)22-9-7-21(8-10-22)6-4-5-15-11-16(13-23)20-17(12-15)14-24;18-10-13-8-12(9-14(11-19)16-13)2-1-5-17-6-3-15-4-7-17;/h13-14,25-26H,4-12,15-16H2,1-3H3;11-12,23-24H,4-10,13-14H2,1-3H3;8-9,15,18-19H,1-7,10-11H2;1H. The second-order valence-electron chi connectivity index (χ2n) is 20.8. The first-order chi connectivity index (χ1) is 35.5. The molecule has 0 bridgehead atoms. The largest absolute Gasteiger partial charge is 0.444 e. The van der Waals surface area contributed by atoms with Gasteiger partial charge in [-0.05, 0) is 159 Å². The average Bonchev–Trinajstić information content (AvgIpc) is 3.40. The van der Waals surface area contributed by atoms with Gasteiger partial charge in [0, 0.05) is 89.7 Å². The van der Waals surface area contributed by atoms with Crippen molar-refractivity contribution in [3.05, 3.63) is 87.3 Å². The quantitative estimate of drug-likeness (QED) is 0.0644. The number of piperazine rings is 3. The summed E-state index contributed by atoms with van der Waals surface area (Å²) in [7, 11) is 3.60. The lowest BCUT2D eigenvalue weighted by Crippen LogP contribution is -2.50. The molecule has 0 aromatic carbocycles. The molecule has 18 nitrogen and oxygen atoms in total. The summed E-state index contributed by atoms with van der Waals surface area (Å²) in [6.45, 7) is 23.5. The predicted octanol–water partition coefficient (Wildman–Crippen LogP) is 4.59. The fourth-order valence-corrected chi connectivity index (χ4v) is 11.3. The molecular weight excluding hydrogens is 1020 g/mol. The Balaban J connectivity index is 0.000000300. The van der Waals surface area contributed by atoms with Gasteiger partial charge in [-0.3, -0.25) is 29.5 Å². The number of ether oxygens (including phenoxy) is 1. The fourth-order valence-electron chi connectivity index (χ4n) is 9.06. The van der Waals surface area contributed by atoms with Crippen LogP contribution in [0.4, 0.5) is 4.79 Å². The van der Waals surface area contributed by atoms with Crippen molar-refractivity contribution in [2.24, 2.45) is 0 Å². The summed E-state index contributed by atoms with van der Waals surface area (Å²) in [5.41, 5.74) is 6.57. The van der Waals surface area contributed by atoms with Gasteiger partial charge in [0.1, 0.15) is 5.60 Å². The van der Waals surface area contributed by atoms with E-state index in [-0.39, 0.29) is 68.8 Å².